The maximum Gasteiger partial charge on any atom is 0.258 e. The number of thiocarbonyl (C=S) groups is 1. The number of hydrogen-bond acceptors (Lipinski definition) is 5. The zero-order valence-electron chi connectivity index (χ0n) is 14.1. The van der Waals surface area contributed by atoms with Gasteiger partial charge in [-0.3, -0.25) is 10.1 Å². The predicted molar refractivity (Wildman–Crippen MR) is 115 cm³/mol. The molecule has 2 N–H and O–H groups in total. The van der Waals surface area contributed by atoms with Crippen molar-refractivity contribution in [2.45, 2.75) is 6.92 Å². The number of anilines is 1. The van der Waals surface area contributed by atoms with Crippen LogP contribution in [0, 0.1) is 6.92 Å². The summed E-state index contributed by atoms with van der Waals surface area (Å²) in [5.41, 5.74) is 3.72. The van der Waals surface area contributed by atoms with Crippen molar-refractivity contribution in [2.24, 2.45) is 0 Å². The normalized spacial score (nSPS) is 10.9. The zero-order chi connectivity index (χ0) is 19.0. The van der Waals surface area contributed by atoms with Gasteiger partial charge in [-0.25, -0.2) is 0 Å². The number of aromatic nitrogens is 2. The highest BCUT2D eigenvalue weighted by molar-refractivity contribution is 7.80. The smallest absolute Gasteiger partial charge is 0.258 e. The van der Waals surface area contributed by atoms with Crippen LogP contribution in [0.4, 0.5) is 5.69 Å². The molecule has 0 saturated carbocycles. The molecule has 1 amide bonds. The van der Waals surface area contributed by atoms with E-state index in [1.54, 1.807) is 18.2 Å². The number of nitrogens with one attached hydrogen (secondary N) is 2. The third-order valence-electron chi connectivity index (χ3n) is 4.22. The SMILES string of the molecule is Cc1ccc2nsnc2c1NC(=S)NC(=O)c1cccc2c(Cl)cccc12. The average Bonchev–Trinajstić information content (AvgIpc) is 3.13. The zero-order valence-corrected chi connectivity index (χ0v) is 16.5. The number of aryl methyl sites for hydroxylation is 1. The van der Waals surface area contributed by atoms with Gasteiger partial charge in [-0.2, -0.15) is 8.75 Å². The molecule has 8 heteroatoms. The quantitative estimate of drug-likeness (QED) is 0.457. The van der Waals surface area contributed by atoms with Gasteiger partial charge in [-0.1, -0.05) is 41.9 Å². The second-order valence-electron chi connectivity index (χ2n) is 5.94. The summed E-state index contributed by atoms with van der Waals surface area (Å²) in [6, 6.07) is 14.7. The summed E-state index contributed by atoms with van der Waals surface area (Å²) in [6.07, 6.45) is 0. The molecular formula is C19H13ClN4OS2. The Balaban J connectivity index is 1.60. The van der Waals surface area contributed by atoms with E-state index in [9.17, 15) is 4.79 Å². The minimum Gasteiger partial charge on any atom is -0.330 e. The van der Waals surface area contributed by atoms with E-state index >= 15 is 0 Å². The molecule has 4 aromatic rings. The Morgan fingerprint density at radius 3 is 2.70 bits per heavy atom. The molecule has 0 atom stereocenters. The lowest BCUT2D eigenvalue weighted by molar-refractivity contribution is 0.0979. The summed E-state index contributed by atoms with van der Waals surface area (Å²) in [5.74, 6) is -0.304. The van der Waals surface area contributed by atoms with Crippen molar-refractivity contribution < 1.29 is 4.79 Å². The van der Waals surface area contributed by atoms with E-state index in [0.29, 0.717) is 10.6 Å². The molecule has 0 saturated heterocycles. The minimum atomic E-state index is -0.304. The molecule has 0 fully saturated rings. The van der Waals surface area contributed by atoms with Crippen molar-refractivity contribution in [3.05, 3.63) is 64.7 Å². The largest absolute Gasteiger partial charge is 0.330 e. The second-order valence-corrected chi connectivity index (χ2v) is 7.28. The lowest BCUT2D eigenvalue weighted by atomic mass is 10.0. The van der Waals surface area contributed by atoms with Gasteiger partial charge in [-0.05, 0) is 48.3 Å². The average molecular weight is 413 g/mol. The van der Waals surface area contributed by atoms with Crippen molar-refractivity contribution in [3.63, 3.8) is 0 Å². The number of carbonyl (C=O) groups excluding carboxylic acids is 1. The van der Waals surface area contributed by atoms with E-state index in [2.05, 4.69) is 19.4 Å². The van der Waals surface area contributed by atoms with E-state index in [1.807, 2.05) is 37.3 Å². The highest BCUT2D eigenvalue weighted by Gasteiger charge is 2.15. The molecule has 0 radical (unpaired) electrons. The van der Waals surface area contributed by atoms with Gasteiger partial charge in [0.2, 0.25) is 0 Å². The van der Waals surface area contributed by atoms with Gasteiger partial charge in [0.15, 0.2) is 5.11 Å². The third kappa shape index (κ3) is 3.37. The summed E-state index contributed by atoms with van der Waals surface area (Å²) < 4.78 is 8.53. The molecule has 134 valence electrons. The maximum atomic E-state index is 12.8. The Labute approximate surface area is 169 Å². The van der Waals surface area contributed by atoms with Crippen molar-refractivity contribution in [3.8, 4) is 0 Å². The number of carbonyl (C=O) groups is 1. The van der Waals surface area contributed by atoms with Crippen LogP contribution in [0.5, 0.6) is 0 Å². The first-order valence-electron chi connectivity index (χ1n) is 8.06. The number of halogens is 1. The fourth-order valence-electron chi connectivity index (χ4n) is 2.89. The highest BCUT2D eigenvalue weighted by atomic mass is 35.5. The maximum absolute atomic E-state index is 12.8. The lowest BCUT2D eigenvalue weighted by Gasteiger charge is -2.13. The summed E-state index contributed by atoms with van der Waals surface area (Å²) in [5, 5.41) is 8.20. The topological polar surface area (TPSA) is 66.9 Å². The van der Waals surface area contributed by atoms with Crippen molar-refractivity contribution in [1.82, 2.24) is 14.1 Å². The first-order valence-corrected chi connectivity index (χ1v) is 9.57. The van der Waals surface area contributed by atoms with Crippen LogP contribution in [-0.2, 0) is 0 Å². The first kappa shape index (κ1) is 17.8. The molecule has 1 aromatic heterocycles. The van der Waals surface area contributed by atoms with E-state index in [0.717, 1.165) is 44.8 Å². The fraction of sp³-hybridized carbons (Fsp3) is 0.0526. The van der Waals surface area contributed by atoms with Gasteiger partial charge in [0.05, 0.1) is 17.4 Å². The van der Waals surface area contributed by atoms with Crippen molar-refractivity contribution in [1.29, 1.82) is 0 Å². The number of benzene rings is 3. The Morgan fingerprint density at radius 2 is 1.85 bits per heavy atom. The Bertz CT molecular complexity index is 1200. The van der Waals surface area contributed by atoms with Crippen LogP contribution >= 0.6 is 35.5 Å². The molecule has 0 spiro atoms. The predicted octanol–water partition coefficient (Wildman–Crippen LogP) is 4.93. The molecule has 0 unspecified atom stereocenters. The summed E-state index contributed by atoms with van der Waals surface area (Å²) in [7, 11) is 0. The fourth-order valence-corrected chi connectivity index (χ4v) is 3.87. The standard InChI is InChI=1S/C19H13ClN4OS2/c1-10-8-9-15-17(24-27-23-15)16(10)21-19(26)22-18(25)13-6-2-5-12-11(13)4-3-7-14(12)20/h2-9H,1H3,(H2,21,22,25,26). The number of rotatable bonds is 2. The molecule has 0 bridgehead atoms. The molecule has 5 nitrogen and oxygen atoms in total. The van der Waals surface area contributed by atoms with Gasteiger partial charge in [0, 0.05) is 16.0 Å². The summed E-state index contributed by atoms with van der Waals surface area (Å²) >= 11 is 12.7. The number of fused-ring (bicyclic) bond motifs is 2. The van der Waals surface area contributed by atoms with Crippen LogP contribution in [0.15, 0.2) is 48.5 Å². The molecule has 3 aromatic carbocycles. The van der Waals surface area contributed by atoms with Crippen molar-refractivity contribution >= 4 is 74.1 Å². The van der Waals surface area contributed by atoms with E-state index < -0.39 is 0 Å². The van der Waals surface area contributed by atoms with Gasteiger partial charge in [-0.15, -0.1) is 0 Å². The minimum absolute atomic E-state index is 0.197. The second kappa shape index (κ2) is 7.19. The summed E-state index contributed by atoms with van der Waals surface area (Å²) in [6.45, 7) is 1.94. The number of nitrogens with zero attached hydrogens (tertiary/aromatic N) is 2. The van der Waals surface area contributed by atoms with Gasteiger partial charge < -0.3 is 5.32 Å². The molecular weight excluding hydrogens is 400 g/mol. The highest BCUT2D eigenvalue weighted by Crippen LogP contribution is 2.27. The summed E-state index contributed by atoms with van der Waals surface area (Å²) in [4.78, 5) is 12.8. The van der Waals surface area contributed by atoms with Crippen LogP contribution in [0.2, 0.25) is 5.02 Å². The van der Waals surface area contributed by atoms with E-state index in [1.165, 1.54) is 0 Å². The van der Waals surface area contributed by atoms with Crippen LogP contribution in [0.25, 0.3) is 21.8 Å². The monoisotopic (exact) mass is 412 g/mol. The van der Waals surface area contributed by atoms with Crippen LogP contribution in [0.3, 0.4) is 0 Å². The molecule has 4 rings (SSSR count). The number of amides is 1. The lowest BCUT2D eigenvalue weighted by Crippen LogP contribution is -2.34. The Morgan fingerprint density at radius 1 is 1.07 bits per heavy atom. The molecule has 0 aliphatic rings. The van der Waals surface area contributed by atoms with E-state index in [4.69, 9.17) is 23.8 Å². The Kier molecular flexibility index (Phi) is 4.73. The van der Waals surface area contributed by atoms with Crippen LogP contribution in [-0.4, -0.2) is 19.8 Å². The van der Waals surface area contributed by atoms with E-state index in [-0.39, 0.29) is 11.0 Å². The van der Waals surface area contributed by atoms with Crippen molar-refractivity contribution in [2.75, 3.05) is 5.32 Å². The molecule has 27 heavy (non-hydrogen) atoms. The van der Waals surface area contributed by atoms with Gasteiger partial charge in [0.25, 0.3) is 5.91 Å². The number of hydrogen-bond donors (Lipinski definition) is 2. The van der Waals surface area contributed by atoms with Gasteiger partial charge >= 0.3 is 0 Å². The third-order valence-corrected chi connectivity index (χ3v) is 5.29. The van der Waals surface area contributed by atoms with Gasteiger partial charge in [0.1, 0.15) is 11.0 Å². The first-order chi connectivity index (χ1) is 13.0. The molecule has 1 heterocycles. The van der Waals surface area contributed by atoms with Crippen LogP contribution < -0.4 is 10.6 Å². The van der Waals surface area contributed by atoms with Crippen LogP contribution in [0.1, 0.15) is 15.9 Å². The molecule has 0 aliphatic carbocycles. The Hall–Kier alpha value is -2.61. The molecule has 0 aliphatic heterocycles.